The van der Waals surface area contributed by atoms with Gasteiger partial charge in [-0.25, -0.2) is 4.99 Å². The molecule has 0 aliphatic heterocycles. The lowest BCUT2D eigenvalue weighted by Crippen LogP contribution is -2.38. The van der Waals surface area contributed by atoms with E-state index in [2.05, 4.69) is 40.1 Å². The molecule has 3 N–H and O–H groups in total. The first-order valence-electron chi connectivity index (χ1n) is 6.48. The van der Waals surface area contributed by atoms with Crippen LogP contribution < -0.4 is 20.5 Å². The van der Waals surface area contributed by atoms with Crippen LogP contribution in [0.5, 0.6) is 11.5 Å². The highest BCUT2D eigenvalue weighted by atomic mass is 127. The summed E-state index contributed by atoms with van der Waals surface area (Å²) in [6.45, 7) is 4.64. The van der Waals surface area contributed by atoms with Crippen molar-refractivity contribution in [2.24, 2.45) is 10.7 Å². The van der Waals surface area contributed by atoms with Gasteiger partial charge in [-0.05, 0) is 47.0 Å². The molecule has 0 saturated carbocycles. The second-order valence-electron chi connectivity index (χ2n) is 4.47. The topological polar surface area (TPSA) is 68.9 Å². The molecule has 0 radical (unpaired) electrons. The predicted octanol–water partition coefficient (Wildman–Crippen LogP) is 3.29. The van der Waals surface area contributed by atoms with Crippen molar-refractivity contribution in [1.82, 2.24) is 5.32 Å². The number of ether oxygens (including phenoxy) is 2. The van der Waals surface area contributed by atoms with E-state index in [0.717, 1.165) is 16.5 Å². The fraction of sp³-hybridized carbons (Fsp3) is 0.500. The van der Waals surface area contributed by atoms with Crippen molar-refractivity contribution in [3.8, 4) is 11.5 Å². The fourth-order valence-corrected chi connectivity index (χ4v) is 2.29. The molecule has 0 fully saturated rings. The van der Waals surface area contributed by atoms with Gasteiger partial charge in [-0.3, -0.25) is 0 Å². The molecule has 0 bridgehead atoms. The molecule has 120 valence electrons. The molecule has 0 aliphatic carbocycles. The van der Waals surface area contributed by atoms with E-state index in [1.165, 1.54) is 0 Å². The van der Waals surface area contributed by atoms with E-state index in [4.69, 9.17) is 15.2 Å². The first-order chi connectivity index (χ1) is 9.51. The van der Waals surface area contributed by atoms with Gasteiger partial charge in [-0.1, -0.05) is 6.92 Å². The summed E-state index contributed by atoms with van der Waals surface area (Å²) in [4.78, 5) is 4.32. The highest BCUT2D eigenvalue weighted by molar-refractivity contribution is 14.0. The molecule has 0 spiro atoms. The SMILES string of the molecule is CCC(C)NC(N)=NCc1cc(Br)c(OC)c(OC)c1.I. The summed E-state index contributed by atoms with van der Waals surface area (Å²) in [5, 5.41) is 3.13. The van der Waals surface area contributed by atoms with Crippen LogP contribution in [0.3, 0.4) is 0 Å². The number of aliphatic imine (C=N–C) groups is 1. The van der Waals surface area contributed by atoms with E-state index in [0.29, 0.717) is 30.0 Å². The molecule has 1 unspecified atom stereocenters. The smallest absolute Gasteiger partial charge is 0.189 e. The summed E-state index contributed by atoms with van der Waals surface area (Å²) < 4.78 is 11.4. The molecule has 0 heterocycles. The van der Waals surface area contributed by atoms with Gasteiger partial charge in [-0.2, -0.15) is 0 Å². The van der Waals surface area contributed by atoms with Gasteiger partial charge in [0.25, 0.3) is 0 Å². The Hall–Kier alpha value is -0.700. The molecule has 0 amide bonds. The van der Waals surface area contributed by atoms with Gasteiger partial charge in [0.1, 0.15) is 0 Å². The third kappa shape index (κ3) is 6.29. The number of hydrogen-bond acceptors (Lipinski definition) is 3. The number of methoxy groups -OCH3 is 2. The van der Waals surface area contributed by atoms with Crippen LogP contribution in [0, 0.1) is 0 Å². The molecular formula is C14H23BrIN3O2. The third-order valence-electron chi connectivity index (χ3n) is 2.93. The third-order valence-corrected chi connectivity index (χ3v) is 3.52. The number of halogens is 2. The minimum Gasteiger partial charge on any atom is -0.493 e. The first kappa shape index (κ1) is 20.3. The molecule has 0 aliphatic rings. The van der Waals surface area contributed by atoms with Gasteiger partial charge in [-0.15, -0.1) is 24.0 Å². The Kier molecular flexibility index (Phi) is 9.76. The highest BCUT2D eigenvalue weighted by Gasteiger charge is 2.10. The van der Waals surface area contributed by atoms with Crippen LogP contribution >= 0.6 is 39.9 Å². The lowest BCUT2D eigenvalue weighted by molar-refractivity contribution is 0.352. The normalized spacial score (nSPS) is 12.3. The summed E-state index contributed by atoms with van der Waals surface area (Å²) >= 11 is 3.46. The van der Waals surface area contributed by atoms with Gasteiger partial charge >= 0.3 is 0 Å². The highest BCUT2D eigenvalue weighted by Crippen LogP contribution is 2.36. The predicted molar refractivity (Wildman–Crippen MR) is 101 cm³/mol. The number of rotatable bonds is 6. The minimum atomic E-state index is 0. The van der Waals surface area contributed by atoms with Gasteiger partial charge in [0.2, 0.25) is 0 Å². The van der Waals surface area contributed by atoms with Crippen molar-refractivity contribution in [2.45, 2.75) is 32.9 Å². The maximum atomic E-state index is 5.83. The van der Waals surface area contributed by atoms with Crippen molar-refractivity contribution >= 4 is 45.9 Å². The lowest BCUT2D eigenvalue weighted by atomic mass is 10.2. The van der Waals surface area contributed by atoms with Crippen LogP contribution in [-0.2, 0) is 6.54 Å². The molecule has 0 saturated heterocycles. The average Bonchev–Trinajstić information content (AvgIpc) is 2.44. The molecule has 5 nitrogen and oxygen atoms in total. The molecule has 1 atom stereocenters. The van der Waals surface area contributed by atoms with Crippen molar-refractivity contribution < 1.29 is 9.47 Å². The Morgan fingerprint density at radius 1 is 1.38 bits per heavy atom. The Morgan fingerprint density at radius 2 is 2.05 bits per heavy atom. The zero-order valence-corrected chi connectivity index (χ0v) is 16.7. The van der Waals surface area contributed by atoms with E-state index < -0.39 is 0 Å². The van der Waals surface area contributed by atoms with Crippen LogP contribution in [0.4, 0.5) is 0 Å². The molecular weight excluding hydrogens is 449 g/mol. The summed E-state index contributed by atoms with van der Waals surface area (Å²) in [6, 6.07) is 4.15. The van der Waals surface area contributed by atoms with Crippen LogP contribution in [0.15, 0.2) is 21.6 Å². The number of nitrogens with one attached hydrogen (secondary N) is 1. The lowest BCUT2D eigenvalue weighted by Gasteiger charge is -2.13. The monoisotopic (exact) mass is 471 g/mol. The van der Waals surface area contributed by atoms with Crippen molar-refractivity contribution in [3.63, 3.8) is 0 Å². The molecule has 0 aromatic heterocycles. The van der Waals surface area contributed by atoms with Crippen LogP contribution in [0.1, 0.15) is 25.8 Å². The molecule has 1 rings (SSSR count). The summed E-state index contributed by atoms with van der Waals surface area (Å²) in [5.74, 6) is 1.79. The zero-order chi connectivity index (χ0) is 15.1. The molecule has 21 heavy (non-hydrogen) atoms. The Bertz CT molecular complexity index is 484. The number of nitrogens with zero attached hydrogens (tertiary/aromatic N) is 1. The average molecular weight is 472 g/mol. The molecule has 1 aromatic rings. The summed E-state index contributed by atoms with van der Waals surface area (Å²) in [5.41, 5.74) is 6.82. The number of benzene rings is 1. The second-order valence-corrected chi connectivity index (χ2v) is 5.32. The molecule has 7 heteroatoms. The van der Waals surface area contributed by atoms with Gasteiger partial charge in [0, 0.05) is 6.04 Å². The Morgan fingerprint density at radius 3 is 2.57 bits per heavy atom. The minimum absolute atomic E-state index is 0. The maximum absolute atomic E-state index is 5.83. The summed E-state index contributed by atoms with van der Waals surface area (Å²) in [6.07, 6.45) is 0.998. The van der Waals surface area contributed by atoms with Crippen molar-refractivity contribution in [1.29, 1.82) is 0 Å². The van der Waals surface area contributed by atoms with Crippen LogP contribution in [-0.4, -0.2) is 26.2 Å². The molecule has 1 aromatic carbocycles. The zero-order valence-electron chi connectivity index (χ0n) is 12.8. The van der Waals surface area contributed by atoms with Crippen molar-refractivity contribution in [3.05, 3.63) is 22.2 Å². The number of nitrogens with two attached hydrogens (primary N) is 1. The van der Waals surface area contributed by atoms with Crippen molar-refractivity contribution in [2.75, 3.05) is 14.2 Å². The Balaban J connectivity index is 0.00000400. The van der Waals surface area contributed by atoms with E-state index in [-0.39, 0.29) is 24.0 Å². The number of guanidine groups is 1. The van der Waals surface area contributed by atoms with E-state index in [1.54, 1.807) is 14.2 Å². The van der Waals surface area contributed by atoms with Gasteiger partial charge in [0.05, 0.1) is 25.2 Å². The maximum Gasteiger partial charge on any atom is 0.189 e. The summed E-state index contributed by atoms with van der Waals surface area (Å²) in [7, 11) is 3.21. The fourth-order valence-electron chi connectivity index (χ4n) is 1.64. The number of hydrogen-bond donors (Lipinski definition) is 2. The largest absolute Gasteiger partial charge is 0.493 e. The Labute approximate surface area is 151 Å². The van der Waals surface area contributed by atoms with Crippen LogP contribution in [0.2, 0.25) is 0 Å². The quantitative estimate of drug-likeness (QED) is 0.379. The first-order valence-corrected chi connectivity index (χ1v) is 7.27. The van der Waals surface area contributed by atoms with Gasteiger partial charge < -0.3 is 20.5 Å². The second kappa shape index (κ2) is 10.1. The van der Waals surface area contributed by atoms with E-state index in [9.17, 15) is 0 Å². The van der Waals surface area contributed by atoms with E-state index in [1.807, 2.05) is 12.1 Å². The standard InChI is InChI=1S/C14H22BrN3O2.HI/c1-5-9(2)18-14(16)17-8-10-6-11(15)13(20-4)12(7-10)19-3;/h6-7,9H,5,8H2,1-4H3,(H3,16,17,18);1H. The van der Waals surface area contributed by atoms with E-state index >= 15 is 0 Å². The van der Waals surface area contributed by atoms with Gasteiger partial charge in [0.15, 0.2) is 17.5 Å². The van der Waals surface area contributed by atoms with Crippen LogP contribution in [0.25, 0.3) is 0 Å².